The van der Waals surface area contributed by atoms with E-state index in [1.165, 1.54) is 34.3 Å². The van der Waals surface area contributed by atoms with Crippen molar-refractivity contribution in [2.45, 2.75) is 19.8 Å². The van der Waals surface area contributed by atoms with Crippen LogP contribution in [0.5, 0.6) is 0 Å². The van der Waals surface area contributed by atoms with Crippen LogP contribution in [0.15, 0.2) is 54.6 Å². The lowest BCUT2D eigenvalue weighted by molar-refractivity contribution is 0.976. The largest absolute Gasteiger partial charge is 0.0651 e. The van der Waals surface area contributed by atoms with Gasteiger partial charge in [-0.3, -0.25) is 0 Å². The van der Waals surface area contributed by atoms with Crippen molar-refractivity contribution < 1.29 is 0 Å². The molecule has 1 aliphatic rings. The molecule has 0 fully saturated rings. The fourth-order valence-electron chi connectivity index (χ4n) is 2.68. The van der Waals surface area contributed by atoms with Gasteiger partial charge >= 0.3 is 0 Å². The minimum absolute atomic E-state index is 1.15. The lowest BCUT2D eigenvalue weighted by Crippen LogP contribution is -1.85. The Morgan fingerprint density at radius 3 is 2.33 bits per heavy atom. The van der Waals surface area contributed by atoms with E-state index >= 15 is 0 Å². The highest BCUT2D eigenvalue weighted by Crippen LogP contribution is 2.41. The summed E-state index contributed by atoms with van der Waals surface area (Å²) in [7, 11) is 0. The van der Waals surface area contributed by atoms with E-state index in [1.54, 1.807) is 0 Å². The Hall–Kier alpha value is -1.82. The van der Waals surface area contributed by atoms with Gasteiger partial charge in [-0.15, -0.1) is 0 Å². The smallest absolute Gasteiger partial charge is 0.0214 e. The van der Waals surface area contributed by atoms with Crippen molar-refractivity contribution in [2.24, 2.45) is 0 Å². The van der Waals surface area contributed by atoms with Crippen molar-refractivity contribution in [3.63, 3.8) is 0 Å². The molecule has 0 aliphatic heterocycles. The highest BCUT2D eigenvalue weighted by Gasteiger charge is 2.21. The average Bonchev–Trinajstić information content (AvgIpc) is 2.80. The summed E-state index contributed by atoms with van der Waals surface area (Å²) < 4.78 is 0. The molecule has 0 N–H and O–H groups in total. The summed E-state index contributed by atoms with van der Waals surface area (Å²) in [6.45, 7) is 2.25. The molecule has 0 amide bonds. The van der Waals surface area contributed by atoms with Crippen LogP contribution >= 0.6 is 0 Å². The van der Waals surface area contributed by atoms with Crippen molar-refractivity contribution >= 4 is 11.1 Å². The normalized spacial score (nSPS) is 13.8. The Labute approximate surface area is 109 Å². The van der Waals surface area contributed by atoms with E-state index in [-0.39, 0.29) is 0 Å². The number of benzene rings is 2. The number of hydrogen-bond donors (Lipinski definition) is 0. The summed E-state index contributed by atoms with van der Waals surface area (Å²) in [6, 6.07) is 19.4. The van der Waals surface area contributed by atoms with Crippen LogP contribution in [-0.4, -0.2) is 0 Å². The Kier molecular flexibility index (Phi) is 3.02. The van der Waals surface area contributed by atoms with Gasteiger partial charge in [-0.05, 0) is 34.3 Å². The molecular weight excluding hydrogens is 216 g/mol. The van der Waals surface area contributed by atoms with Crippen LogP contribution in [0.3, 0.4) is 0 Å². The van der Waals surface area contributed by atoms with Gasteiger partial charge in [0.05, 0.1) is 0 Å². The Balaban J connectivity index is 2.11. The van der Waals surface area contributed by atoms with Gasteiger partial charge in [-0.2, -0.15) is 0 Å². The fraction of sp³-hybridized carbons (Fsp3) is 0.167. The van der Waals surface area contributed by atoms with Crippen LogP contribution in [-0.2, 0) is 0 Å². The summed E-state index contributed by atoms with van der Waals surface area (Å²) in [4.78, 5) is 0. The number of fused-ring (bicyclic) bond motifs is 1. The maximum atomic E-state index is 2.33. The summed E-state index contributed by atoms with van der Waals surface area (Å²) in [6.07, 6.45) is 4.67. The van der Waals surface area contributed by atoms with Crippen LogP contribution in [0.1, 0.15) is 36.5 Å². The van der Waals surface area contributed by atoms with E-state index in [4.69, 9.17) is 0 Å². The van der Waals surface area contributed by atoms with Crippen molar-refractivity contribution in [3.8, 4) is 0 Å². The zero-order chi connectivity index (χ0) is 12.4. The second-order valence-electron chi connectivity index (χ2n) is 4.74. The molecule has 1 aliphatic carbocycles. The molecule has 0 unspecified atom stereocenters. The summed E-state index contributed by atoms with van der Waals surface area (Å²) >= 11 is 0. The number of allylic oxidation sites excluding steroid dienone is 2. The Bertz CT molecular complexity index is 576. The molecule has 0 nitrogen and oxygen atoms in total. The zero-order valence-electron chi connectivity index (χ0n) is 10.7. The first-order chi connectivity index (χ1) is 8.90. The molecule has 0 heteroatoms. The van der Waals surface area contributed by atoms with E-state index in [0.717, 1.165) is 6.42 Å². The maximum Gasteiger partial charge on any atom is 0.0214 e. The molecule has 0 saturated heterocycles. The third-order valence-electron chi connectivity index (χ3n) is 3.50. The van der Waals surface area contributed by atoms with Gasteiger partial charge in [0.25, 0.3) is 0 Å². The molecule has 89 valence electrons. The first-order valence-electron chi connectivity index (χ1n) is 6.63. The molecule has 2 aromatic carbocycles. The molecule has 0 spiro atoms. The summed E-state index contributed by atoms with van der Waals surface area (Å²) in [5, 5.41) is 0. The molecule has 2 aromatic rings. The standard InChI is InChI=1S/C18H17/c1-2-8-17-16-12-7-6-11-15(16)13-18(17)14-9-4-3-5-10-14/h3-7,9-13H,2,8H2,1H3. The SMILES string of the molecule is CCCC1=C(c2ccccc2)[CH]c2ccccc21. The third-order valence-corrected chi connectivity index (χ3v) is 3.50. The first-order valence-corrected chi connectivity index (χ1v) is 6.63. The quantitative estimate of drug-likeness (QED) is 0.702. The van der Waals surface area contributed by atoms with Crippen molar-refractivity contribution in [1.82, 2.24) is 0 Å². The monoisotopic (exact) mass is 233 g/mol. The zero-order valence-corrected chi connectivity index (χ0v) is 10.7. The van der Waals surface area contributed by atoms with Crippen molar-refractivity contribution in [3.05, 3.63) is 77.7 Å². The maximum absolute atomic E-state index is 2.33. The minimum atomic E-state index is 1.15. The minimum Gasteiger partial charge on any atom is -0.0651 e. The Morgan fingerprint density at radius 1 is 0.833 bits per heavy atom. The predicted molar refractivity (Wildman–Crippen MR) is 78.0 cm³/mol. The molecular formula is C18H17. The average molecular weight is 233 g/mol. The fourth-order valence-corrected chi connectivity index (χ4v) is 2.68. The van der Waals surface area contributed by atoms with Gasteiger partial charge in [0.2, 0.25) is 0 Å². The number of rotatable bonds is 3. The van der Waals surface area contributed by atoms with Crippen LogP contribution in [0.4, 0.5) is 0 Å². The molecule has 1 radical (unpaired) electrons. The van der Waals surface area contributed by atoms with Gasteiger partial charge in [0.1, 0.15) is 0 Å². The topological polar surface area (TPSA) is 0 Å². The molecule has 0 atom stereocenters. The molecule has 3 rings (SSSR count). The lowest BCUT2D eigenvalue weighted by atomic mass is 9.97. The van der Waals surface area contributed by atoms with E-state index in [2.05, 4.69) is 67.9 Å². The van der Waals surface area contributed by atoms with E-state index in [0.29, 0.717) is 0 Å². The highest BCUT2D eigenvalue weighted by molar-refractivity contribution is 6.02. The lowest BCUT2D eigenvalue weighted by Gasteiger charge is -2.07. The molecule has 0 heterocycles. The number of hydrogen-bond acceptors (Lipinski definition) is 0. The van der Waals surface area contributed by atoms with Gasteiger partial charge in [0.15, 0.2) is 0 Å². The molecule has 0 aromatic heterocycles. The van der Waals surface area contributed by atoms with E-state index < -0.39 is 0 Å². The summed E-state index contributed by atoms with van der Waals surface area (Å²) in [5.41, 5.74) is 7.01. The third kappa shape index (κ3) is 1.88. The summed E-state index contributed by atoms with van der Waals surface area (Å²) in [5.74, 6) is 0. The van der Waals surface area contributed by atoms with Crippen molar-refractivity contribution in [1.29, 1.82) is 0 Å². The van der Waals surface area contributed by atoms with E-state index in [9.17, 15) is 0 Å². The molecule has 0 saturated carbocycles. The van der Waals surface area contributed by atoms with Crippen molar-refractivity contribution in [2.75, 3.05) is 0 Å². The van der Waals surface area contributed by atoms with Crippen LogP contribution in [0.2, 0.25) is 0 Å². The van der Waals surface area contributed by atoms with Crippen LogP contribution in [0, 0.1) is 6.42 Å². The van der Waals surface area contributed by atoms with Gasteiger partial charge < -0.3 is 0 Å². The molecule has 0 bridgehead atoms. The molecule has 18 heavy (non-hydrogen) atoms. The highest BCUT2D eigenvalue weighted by atomic mass is 14.2. The van der Waals surface area contributed by atoms with E-state index in [1.807, 2.05) is 0 Å². The van der Waals surface area contributed by atoms with Crippen LogP contribution < -0.4 is 0 Å². The van der Waals surface area contributed by atoms with Crippen LogP contribution in [0.25, 0.3) is 11.1 Å². The van der Waals surface area contributed by atoms with Gasteiger partial charge in [-0.25, -0.2) is 0 Å². The predicted octanol–water partition coefficient (Wildman–Crippen LogP) is 4.96. The van der Waals surface area contributed by atoms with Gasteiger partial charge in [0, 0.05) is 6.42 Å². The second-order valence-corrected chi connectivity index (χ2v) is 4.74. The first kappa shape index (κ1) is 11.3. The Morgan fingerprint density at radius 2 is 1.56 bits per heavy atom. The van der Waals surface area contributed by atoms with Gasteiger partial charge in [-0.1, -0.05) is 67.9 Å². The second kappa shape index (κ2) is 4.81.